The molecule has 1 aromatic heterocycles. The third-order valence-electron chi connectivity index (χ3n) is 3.34. The number of carbonyl (C=O) groups is 2. The zero-order valence-electron chi connectivity index (χ0n) is 14.1. The zero-order valence-corrected chi connectivity index (χ0v) is 14.1. The molecule has 7 heteroatoms. The van der Waals surface area contributed by atoms with Crippen molar-refractivity contribution >= 4 is 11.9 Å². The minimum Gasteiger partial charge on any atom is -0.493 e. The number of hydrogen-bond donors (Lipinski definition) is 2. The Morgan fingerprint density at radius 1 is 1.16 bits per heavy atom. The second kappa shape index (κ2) is 8.68. The lowest BCUT2D eigenvalue weighted by atomic mass is 10.2. The summed E-state index contributed by atoms with van der Waals surface area (Å²) in [5.74, 6) is -0.392. The van der Waals surface area contributed by atoms with Crippen molar-refractivity contribution in [1.82, 2.24) is 10.3 Å². The SMILES string of the molecule is CCCOc1ccc(CNC(=O)c2cccc(C(=O)O)n2)cc1OC. The first-order chi connectivity index (χ1) is 12.0. The topological polar surface area (TPSA) is 97.8 Å². The first-order valence-electron chi connectivity index (χ1n) is 7.83. The number of ether oxygens (including phenoxy) is 2. The van der Waals surface area contributed by atoms with E-state index in [4.69, 9.17) is 14.6 Å². The van der Waals surface area contributed by atoms with E-state index in [2.05, 4.69) is 10.3 Å². The molecule has 1 amide bonds. The summed E-state index contributed by atoms with van der Waals surface area (Å²) in [6.07, 6.45) is 0.892. The molecule has 2 aromatic rings. The molecular weight excluding hydrogens is 324 g/mol. The molecule has 0 saturated carbocycles. The molecule has 0 radical (unpaired) electrons. The van der Waals surface area contributed by atoms with Gasteiger partial charge >= 0.3 is 5.97 Å². The molecule has 7 nitrogen and oxygen atoms in total. The highest BCUT2D eigenvalue weighted by molar-refractivity contribution is 5.94. The highest BCUT2D eigenvalue weighted by atomic mass is 16.5. The molecule has 2 N–H and O–H groups in total. The van der Waals surface area contributed by atoms with Gasteiger partial charge in [-0.1, -0.05) is 19.1 Å². The van der Waals surface area contributed by atoms with Crippen LogP contribution in [-0.2, 0) is 6.54 Å². The molecule has 1 heterocycles. The van der Waals surface area contributed by atoms with Crippen LogP contribution in [-0.4, -0.2) is 35.7 Å². The van der Waals surface area contributed by atoms with Crippen LogP contribution in [0.3, 0.4) is 0 Å². The van der Waals surface area contributed by atoms with Crippen molar-refractivity contribution in [3.05, 3.63) is 53.3 Å². The van der Waals surface area contributed by atoms with E-state index in [1.165, 1.54) is 18.2 Å². The molecule has 0 unspecified atom stereocenters. The van der Waals surface area contributed by atoms with Gasteiger partial charge in [0.15, 0.2) is 11.5 Å². The largest absolute Gasteiger partial charge is 0.493 e. The number of rotatable bonds is 8. The van der Waals surface area contributed by atoms with E-state index in [0.717, 1.165) is 12.0 Å². The van der Waals surface area contributed by atoms with Gasteiger partial charge in [0, 0.05) is 6.54 Å². The van der Waals surface area contributed by atoms with Gasteiger partial charge in [-0.25, -0.2) is 9.78 Å². The number of methoxy groups -OCH3 is 1. The number of nitrogens with one attached hydrogen (secondary N) is 1. The highest BCUT2D eigenvalue weighted by Gasteiger charge is 2.12. The van der Waals surface area contributed by atoms with Crippen LogP contribution in [0.5, 0.6) is 11.5 Å². The van der Waals surface area contributed by atoms with Crippen LogP contribution in [0.4, 0.5) is 0 Å². The summed E-state index contributed by atoms with van der Waals surface area (Å²) >= 11 is 0. The summed E-state index contributed by atoms with van der Waals surface area (Å²) in [6, 6.07) is 9.68. The van der Waals surface area contributed by atoms with Crippen LogP contribution < -0.4 is 14.8 Å². The van der Waals surface area contributed by atoms with Crippen LogP contribution in [0.25, 0.3) is 0 Å². The number of amides is 1. The minimum atomic E-state index is -1.18. The quantitative estimate of drug-likeness (QED) is 0.763. The van der Waals surface area contributed by atoms with Crippen LogP contribution in [0.2, 0.25) is 0 Å². The summed E-state index contributed by atoms with van der Waals surface area (Å²) in [4.78, 5) is 26.9. The van der Waals surface area contributed by atoms with Gasteiger partial charge in [0.1, 0.15) is 11.4 Å². The lowest BCUT2D eigenvalue weighted by Crippen LogP contribution is -2.24. The van der Waals surface area contributed by atoms with E-state index in [0.29, 0.717) is 18.1 Å². The number of hydrogen-bond acceptors (Lipinski definition) is 5. The van der Waals surface area contributed by atoms with Crippen molar-refractivity contribution in [2.24, 2.45) is 0 Å². The number of aromatic carboxylic acids is 1. The molecule has 0 atom stereocenters. The van der Waals surface area contributed by atoms with Gasteiger partial charge < -0.3 is 19.9 Å². The molecular formula is C18H20N2O5. The van der Waals surface area contributed by atoms with Gasteiger partial charge in [-0.3, -0.25) is 4.79 Å². The Morgan fingerprint density at radius 2 is 1.92 bits per heavy atom. The monoisotopic (exact) mass is 344 g/mol. The molecule has 0 saturated heterocycles. The highest BCUT2D eigenvalue weighted by Crippen LogP contribution is 2.28. The fourth-order valence-electron chi connectivity index (χ4n) is 2.11. The molecule has 25 heavy (non-hydrogen) atoms. The molecule has 2 rings (SSSR count). The Hall–Kier alpha value is -3.09. The molecule has 1 aromatic carbocycles. The number of carbonyl (C=O) groups excluding carboxylic acids is 1. The Bertz CT molecular complexity index is 761. The van der Waals surface area contributed by atoms with Gasteiger partial charge in [0.25, 0.3) is 5.91 Å². The predicted molar refractivity (Wildman–Crippen MR) is 91.1 cm³/mol. The molecule has 0 bridgehead atoms. The third kappa shape index (κ3) is 4.94. The van der Waals surface area contributed by atoms with E-state index in [1.54, 1.807) is 19.2 Å². The van der Waals surface area contributed by atoms with Crippen molar-refractivity contribution in [1.29, 1.82) is 0 Å². The van der Waals surface area contributed by atoms with E-state index < -0.39 is 11.9 Å². The first kappa shape index (κ1) is 18.3. The summed E-state index contributed by atoms with van der Waals surface area (Å²) in [5.41, 5.74) is 0.699. The molecule has 0 aliphatic carbocycles. The van der Waals surface area contributed by atoms with Crippen molar-refractivity contribution in [3.63, 3.8) is 0 Å². The molecule has 132 valence electrons. The summed E-state index contributed by atoms with van der Waals surface area (Å²) in [5, 5.41) is 11.6. The molecule has 0 spiro atoms. The standard InChI is InChI=1S/C18H20N2O5/c1-3-9-25-15-8-7-12(10-16(15)24-2)11-19-17(21)13-5-4-6-14(20-13)18(22)23/h4-8,10H,3,9,11H2,1-2H3,(H,19,21)(H,22,23). The number of benzene rings is 1. The zero-order chi connectivity index (χ0) is 18.2. The van der Waals surface area contributed by atoms with Gasteiger partial charge in [0.05, 0.1) is 13.7 Å². The van der Waals surface area contributed by atoms with Gasteiger partial charge in [-0.2, -0.15) is 0 Å². The van der Waals surface area contributed by atoms with E-state index >= 15 is 0 Å². The Morgan fingerprint density at radius 3 is 2.60 bits per heavy atom. The molecule has 0 aliphatic heterocycles. The fraction of sp³-hybridized carbons (Fsp3) is 0.278. The maximum Gasteiger partial charge on any atom is 0.354 e. The second-order valence-corrected chi connectivity index (χ2v) is 5.23. The molecule has 0 fully saturated rings. The Balaban J connectivity index is 2.04. The number of nitrogens with zero attached hydrogens (tertiary/aromatic N) is 1. The van der Waals surface area contributed by atoms with Crippen molar-refractivity contribution < 1.29 is 24.2 Å². The van der Waals surface area contributed by atoms with Crippen LogP contribution in [0.15, 0.2) is 36.4 Å². The molecule has 0 aliphatic rings. The lowest BCUT2D eigenvalue weighted by Gasteiger charge is -2.12. The third-order valence-corrected chi connectivity index (χ3v) is 3.34. The predicted octanol–water partition coefficient (Wildman–Crippen LogP) is 2.51. The fourth-order valence-corrected chi connectivity index (χ4v) is 2.11. The number of carboxylic acids is 1. The van der Waals surface area contributed by atoms with Crippen LogP contribution >= 0.6 is 0 Å². The maximum absolute atomic E-state index is 12.1. The summed E-state index contributed by atoms with van der Waals surface area (Å²) < 4.78 is 10.9. The normalized spacial score (nSPS) is 10.2. The van der Waals surface area contributed by atoms with Crippen molar-refractivity contribution in [2.45, 2.75) is 19.9 Å². The Labute approximate surface area is 145 Å². The number of pyridine rings is 1. The van der Waals surface area contributed by atoms with Gasteiger partial charge in [0.2, 0.25) is 0 Å². The van der Waals surface area contributed by atoms with E-state index in [9.17, 15) is 9.59 Å². The number of carboxylic acid groups (broad SMARTS) is 1. The average molecular weight is 344 g/mol. The maximum atomic E-state index is 12.1. The summed E-state index contributed by atoms with van der Waals surface area (Å²) in [7, 11) is 1.55. The first-order valence-corrected chi connectivity index (χ1v) is 7.83. The van der Waals surface area contributed by atoms with Crippen molar-refractivity contribution in [2.75, 3.05) is 13.7 Å². The van der Waals surface area contributed by atoms with Crippen LogP contribution in [0.1, 0.15) is 39.9 Å². The van der Waals surface area contributed by atoms with Gasteiger partial charge in [-0.05, 0) is 36.2 Å². The lowest BCUT2D eigenvalue weighted by molar-refractivity contribution is 0.0690. The van der Waals surface area contributed by atoms with Crippen LogP contribution in [0, 0.1) is 0 Å². The van der Waals surface area contributed by atoms with E-state index in [-0.39, 0.29) is 17.9 Å². The van der Waals surface area contributed by atoms with E-state index in [1.807, 2.05) is 13.0 Å². The Kier molecular flexibility index (Phi) is 6.33. The smallest absolute Gasteiger partial charge is 0.354 e. The summed E-state index contributed by atoms with van der Waals surface area (Å²) in [6.45, 7) is 2.87. The minimum absolute atomic E-state index is 0.0507. The number of aromatic nitrogens is 1. The van der Waals surface area contributed by atoms with Gasteiger partial charge in [-0.15, -0.1) is 0 Å². The van der Waals surface area contributed by atoms with Crippen molar-refractivity contribution in [3.8, 4) is 11.5 Å². The average Bonchev–Trinajstić information content (AvgIpc) is 2.64. The second-order valence-electron chi connectivity index (χ2n) is 5.23.